The van der Waals surface area contributed by atoms with Gasteiger partial charge in [0.05, 0.1) is 7.11 Å². The molecule has 0 aliphatic carbocycles. The number of nitrogens with one attached hydrogen (secondary N) is 2. The van der Waals surface area contributed by atoms with Gasteiger partial charge in [0, 0.05) is 32.3 Å². The van der Waals surface area contributed by atoms with Gasteiger partial charge in [0.15, 0.2) is 5.11 Å². The molecule has 0 fully saturated rings. The van der Waals surface area contributed by atoms with Crippen molar-refractivity contribution >= 4 is 40.9 Å². The van der Waals surface area contributed by atoms with E-state index in [9.17, 15) is 9.59 Å². The molecular weight excluding hydrogens is 386 g/mol. The van der Waals surface area contributed by atoms with Gasteiger partial charge in [-0.15, -0.1) is 0 Å². The zero-order valence-corrected chi connectivity index (χ0v) is 17.6. The molecule has 6 nitrogen and oxygen atoms in total. The lowest BCUT2D eigenvalue weighted by molar-refractivity contribution is -0.128. The van der Waals surface area contributed by atoms with E-state index in [-0.39, 0.29) is 16.9 Å². The van der Waals surface area contributed by atoms with E-state index in [0.29, 0.717) is 12.8 Å². The molecule has 29 heavy (non-hydrogen) atoms. The van der Waals surface area contributed by atoms with E-state index in [4.69, 9.17) is 17.0 Å². The first-order valence-corrected chi connectivity index (χ1v) is 9.51. The van der Waals surface area contributed by atoms with Crippen molar-refractivity contribution in [1.29, 1.82) is 0 Å². The number of rotatable bonds is 7. The van der Waals surface area contributed by atoms with Gasteiger partial charge in [-0.2, -0.15) is 0 Å². The summed E-state index contributed by atoms with van der Waals surface area (Å²) in [4.78, 5) is 25.4. The van der Waals surface area contributed by atoms with Gasteiger partial charge in [-0.1, -0.05) is 24.3 Å². The van der Waals surface area contributed by atoms with Crippen LogP contribution in [0, 0.1) is 0 Å². The number of hydrogen-bond acceptors (Lipinski definition) is 4. The molecule has 0 radical (unpaired) electrons. The van der Waals surface area contributed by atoms with E-state index >= 15 is 0 Å². The van der Waals surface area contributed by atoms with E-state index in [1.807, 2.05) is 48.5 Å². The Morgan fingerprint density at radius 2 is 1.86 bits per heavy atom. The molecule has 0 bridgehead atoms. The van der Waals surface area contributed by atoms with Crippen LogP contribution in [0.25, 0.3) is 6.08 Å². The van der Waals surface area contributed by atoms with Crippen LogP contribution < -0.4 is 15.4 Å². The Hall–Kier alpha value is -3.19. The first-order chi connectivity index (χ1) is 13.9. The summed E-state index contributed by atoms with van der Waals surface area (Å²) in [5.41, 5.74) is 2.64. The van der Waals surface area contributed by atoms with Gasteiger partial charge in [0.2, 0.25) is 11.8 Å². The van der Waals surface area contributed by atoms with E-state index in [1.165, 1.54) is 6.08 Å². The number of hydrogen-bond donors (Lipinski definition) is 2. The number of anilines is 1. The predicted octanol–water partition coefficient (Wildman–Crippen LogP) is 3.24. The van der Waals surface area contributed by atoms with E-state index < -0.39 is 0 Å². The first kappa shape index (κ1) is 22.1. The molecular formula is C22H25N3O3S. The maximum atomic E-state index is 12.1. The molecule has 0 aromatic heterocycles. The van der Waals surface area contributed by atoms with Crippen LogP contribution in [0.5, 0.6) is 5.75 Å². The minimum atomic E-state index is -0.328. The largest absolute Gasteiger partial charge is 0.497 e. The number of benzene rings is 2. The normalized spacial score (nSPS) is 10.4. The Morgan fingerprint density at radius 1 is 1.14 bits per heavy atom. The molecule has 0 atom stereocenters. The molecule has 2 amide bonds. The highest BCUT2D eigenvalue weighted by Crippen LogP contribution is 2.13. The molecule has 2 N–H and O–H groups in total. The third kappa shape index (κ3) is 7.75. The number of methoxy groups -OCH3 is 1. The van der Waals surface area contributed by atoms with Crippen molar-refractivity contribution in [2.45, 2.75) is 12.8 Å². The zero-order valence-electron chi connectivity index (χ0n) is 16.8. The van der Waals surface area contributed by atoms with Crippen LogP contribution in [-0.4, -0.2) is 43.0 Å². The monoisotopic (exact) mass is 411 g/mol. The van der Waals surface area contributed by atoms with Crippen LogP contribution in [0.15, 0.2) is 54.6 Å². The Bertz CT molecular complexity index is 892. The summed E-state index contributed by atoms with van der Waals surface area (Å²) in [7, 11) is 5.08. The molecule has 0 aliphatic rings. The number of thiocarbonyl (C=S) groups is 1. The molecule has 0 heterocycles. The van der Waals surface area contributed by atoms with Crippen LogP contribution >= 0.6 is 12.2 Å². The van der Waals surface area contributed by atoms with Gasteiger partial charge in [0.25, 0.3) is 0 Å². The van der Waals surface area contributed by atoms with Crippen molar-refractivity contribution < 1.29 is 14.3 Å². The maximum absolute atomic E-state index is 12.1. The first-order valence-electron chi connectivity index (χ1n) is 9.10. The molecule has 0 saturated carbocycles. The molecule has 0 aliphatic heterocycles. The second kappa shape index (κ2) is 11.0. The fraction of sp³-hybridized carbons (Fsp3) is 0.227. The van der Waals surface area contributed by atoms with Crippen LogP contribution in [0.3, 0.4) is 0 Å². The summed E-state index contributed by atoms with van der Waals surface area (Å²) in [5.74, 6) is 0.506. The Morgan fingerprint density at radius 3 is 2.52 bits per heavy atom. The van der Waals surface area contributed by atoms with Gasteiger partial charge in [-0.25, -0.2) is 0 Å². The number of amides is 2. The Labute approximate surface area is 176 Å². The highest BCUT2D eigenvalue weighted by atomic mass is 32.1. The fourth-order valence-corrected chi connectivity index (χ4v) is 2.70. The highest BCUT2D eigenvalue weighted by Gasteiger charge is 2.06. The van der Waals surface area contributed by atoms with Crippen molar-refractivity contribution in [3.63, 3.8) is 0 Å². The number of ether oxygens (including phenoxy) is 1. The molecule has 2 aromatic rings. The van der Waals surface area contributed by atoms with Crippen LogP contribution in [-0.2, 0) is 16.0 Å². The summed E-state index contributed by atoms with van der Waals surface area (Å²) in [5, 5.41) is 5.81. The number of carbonyl (C=O) groups excluding carboxylic acids is 2. The second-order valence-corrected chi connectivity index (χ2v) is 6.95. The second-order valence-electron chi connectivity index (χ2n) is 6.54. The number of carbonyl (C=O) groups is 2. The minimum Gasteiger partial charge on any atom is -0.497 e. The maximum Gasteiger partial charge on any atom is 0.250 e. The van der Waals surface area contributed by atoms with Gasteiger partial charge >= 0.3 is 0 Å². The van der Waals surface area contributed by atoms with Crippen LogP contribution in [0.4, 0.5) is 5.69 Å². The summed E-state index contributed by atoms with van der Waals surface area (Å²) < 4.78 is 5.10. The predicted molar refractivity (Wildman–Crippen MR) is 120 cm³/mol. The lowest BCUT2D eigenvalue weighted by atomic mass is 10.1. The molecule has 0 spiro atoms. The summed E-state index contributed by atoms with van der Waals surface area (Å²) >= 11 is 5.21. The van der Waals surface area contributed by atoms with Crippen LogP contribution in [0.2, 0.25) is 0 Å². The van der Waals surface area contributed by atoms with Crippen molar-refractivity contribution in [3.05, 3.63) is 65.7 Å². The van der Waals surface area contributed by atoms with Crippen molar-refractivity contribution in [2.75, 3.05) is 26.5 Å². The average Bonchev–Trinajstić information content (AvgIpc) is 2.71. The third-order valence-electron chi connectivity index (χ3n) is 4.09. The van der Waals surface area contributed by atoms with Crippen molar-refractivity contribution in [3.8, 4) is 5.75 Å². The molecule has 2 rings (SSSR count). The summed E-state index contributed by atoms with van der Waals surface area (Å²) in [6.07, 6.45) is 4.18. The molecule has 0 saturated heterocycles. The number of aryl methyl sites for hydroxylation is 1. The van der Waals surface area contributed by atoms with E-state index in [0.717, 1.165) is 22.6 Å². The lowest BCUT2D eigenvalue weighted by Gasteiger charge is -2.11. The number of nitrogens with zero attached hydrogens (tertiary/aromatic N) is 1. The fourth-order valence-electron chi connectivity index (χ4n) is 2.48. The molecule has 7 heteroatoms. The quantitative estimate of drug-likeness (QED) is 0.541. The smallest absolute Gasteiger partial charge is 0.250 e. The lowest BCUT2D eigenvalue weighted by Crippen LogP contribution is -2.32. The Balaban J connectivity index is 1.86. The Kier molecular flexibility index (Phi) is 8.36. The summed E-state index contributed by atoms with van der Waals surface area (Å²) in [6, 6.07) is 14.9. The zero-order chi connectivity index (χ0) is 21.2. The van der Waals surface area contributed by atoms with Gasteiger partial charge in [0.1, 0.15) is 5.75 Å². The van der Waals surface area contributed by atoms with Crippen LogP contribution in [0.1, 0.15) is 17.5 Å². The SMILES string of the molecule is COc1ccc(/C=C/C(=O)NC(=S)Nc2cccc(CCC(=O)N(C)C)c2)cc1. The topological polar surface area (TPSA) is 70.7 Å². The van der Waals surface area contributed by atoms with Gasteiger partial charge < -0.3 is 15.0 Å². The minimum absolute atomic E-state index is 0.0785. The molecule has 2 aromatic carbocycles. The molecule has 0 unspecified atom stereocenters. The third-order valence-corrected chi connectivity index (χ3v) is 4.30. The summed E-state index contributed by atoms with van der Waals surface area (Å²) in [6.45, 7) is 0. The standard InChI is InChI=1S/C22H25N3O3S/c1-25(2)21(27)14-10-17-5-4-6-18(15-17)23-22(29)24-20(26)13-9-16-7-11-19(28-3)12-8-16/h4-9,11-13,15H,10,14H2,1-3H3,(H2,23,24,26,29)/b13-9+. The van der Waals surface area contributed by atoms with Gasteiger partial charge in [-0.3, -0.25) is 14.9 Å². The van der Waals surface area contributed by atoms with Crippen molar-refractivity contribution in [1.82, 2.24) is 10.2 Å². The van der Waals surface area contributed by atoms with E-state index in [2.05, 4.69) is 10.6 Å². The van der Waals surface area contributed by atoms with Gasteiger partial charge in [-0.05, 0) is 60.1 Å². The van der Waals surface area contributed by atoms with Crippen molar-refractivity contribution in [2.24, 2.45) is 0 Å². The molecule has 152 valence electrons. The van der Waals surface area contributed by atoms with E-state index in [1.54, 1.807) is 32.2 Å². The average molecular weight is 412 g/mol. The highest BCUT2D eigenvalue weighted by molar-refractivity contribution is 7.80.